The number of aromatic nitrogens is 2. The molecular formula is C24H20BrN2S+. The topological polar surface area (TPSA) is 25.8 Å². The van der Waals surface area contributed by atoms with Crippen LogP contribution in [0.4, 0.5) is 0 Å². The maximum absolute atomic E-state index is 5.03. The highest BCUT2D eigenvalue weighted by Crippen LogP contribution is 2.36. The Labute approximate surface area is 177 Å². The number of hydrogen-bond acceptors (Lipinski definition) is 2. The Kier molecular flexibility index (Phi) is 5.60. The molecule has 4 rings (SSSR count). The molecule has 0 fully saturated rings. The lowest BCUT2D eigenvalue weighted by atomic mass is 10.1. The average Bonchev–Trinajstić information content (AvgIpc) is 2.74. The van der Waals surface area contributed by atoms with E-state index in [-0.39, 0.29) is 10.9 Å². The van der Waals surface area contributed by atoms with Crippen molar-refractivity contribution in [2.24, 2.45) is 0 Å². The summed E-state index contributed by atoms with van der Waals surface area (Å²) in [6.45, 7) is 0. The van der Waals surface area contributed by atoms with Crippen molar-refractivity contribution >= 4 is 26.8 Å². The molecule has 4 heteroatoms. The highest BCUT2D eigenvalue weighted by atomic mass is 79.9. The van der Waals surface area contributed by atoms with E-state index in [1.807, 2.05) is 24.3 Å². The van der Waals surface area contributed by atoms with Gasteiger partial charge in [0.15, 0.2) is 5.82 Å². The van der Waals surface area contributed by atoms with E-state index in [9.17, 15) is 0 Å². The first-order valence-corrected chi connectivity index (χ1v) is 11.8. The van der Waals surface area contributed by atoms with Crippen molar-refractivity contribution in [2.45, 2.75) is 4.90 Å². The lowest BCUT2D eigenvalue weighted by molar-refractivity contribution is 1.12. The van der Waals surface area contributed by atoms with Gasteiger partial charge in [0.2, 0.25) is 4.90 Å². The number of rotatable bonds is 4. The van der Waals surface area contributed by atoms with Gasteiger partial charge >= 0.3 is 0 Å². The van der Waals surface area contributed by atoms with Crippen molar-refractivity contribution < 1.29 is 0 Å². The van der Waals surface area contributed by atoms with Crippen LogP contribution < -0.4 is 0 Å². The van der Waals surface area contributed by atoms with Crippen LogP contribution in [0.2, 0.25) is 0 Å². The van der Waals surface area contributed by atoms with Crippen LogP contribution in [0.3, 0.4) is 0 Å². The van der Waals surface area contributed by atoms with Crippen LogP contribution in [0.5, 0.6) is 0 Å². The summed E-state index contributed by atoms with van der Waals surface area (Å²) in [6.07, 6.45) is 4.46. The zero-order chi connectivity index (χ0) is 19.5. The predicted molar refractivity (Wildman–Crippen MR) is 124 cm³/mol. The third kappa shape index (κ3) is 3.89. The van der Waals surface area contributed by atoms with Crippen molar-refractivity contribution in [1.29, 1.82) is 0 Å². The molecule has 1 aromatic heterocycles. The molecule has 0 bridgehead atoms. The second-order valence-corrected chi connectivity index (χ2v) is 9.59. The lowest BCUT2D eigenvalue weighted by Gasteiger charge is -2.13. The van der Waals surface area contributed by atoms with Crippen LogP contribution in [-0.4, -0.2) is 22.5 Å². The summed E-state index contributed by atoms with van der Waals surface area (Å²) in [6, 6.07) is 29.0. The van der Waals surface area contributed by atoms with Gasteiger partial charge in [-0.25, -0.2) is 9.97 Å². The molecule has 3 aromatic carbocycles. The van der Waals surface area contributed by atoms with E-state index in [1.165, 1.54) is 4.90 Å². The Hall–Kier alpha value is -2.43. The van der Waals surface area contributed by atoms with Gasteiger partial charge in [0.1, 0.15) is 23.9 Å². The van der Waals surface area contributed by atoms with Gasteiger partial charge in [-0.1, -0.05) is 88.7 Å². The number of nitrogens with zero attached hydrogens (tertiary/aromatic N) is 2. The minimum atomic E-state index is -0.00978. The molecule has 0 aliphatic rings. The molecule has 0 radical (unpaired) electrons. The molecule has 2 nitrogen and oxygen atoms in total. The van der Waals surface area contributed by atoms with E-state index in [0.29, 0.717) is 0 Å². The molecule has 0 aliphatic carbocycles. The quantitative estimate of drug-likeness (QED) is 0.334. The molecule has 0 amide bonds. The van der Waals surface area contributed by atoms with Crippen molar-refractivity contribution in [2.75, 3.05) is 12.5 Å². The number of halogens is 1. The number of hydrogen-bond donors (Lipinski definition) is 0. The van der Waals surface area contributed by atoms with E-state index in [4.69, 9.17) is 9.97 Å². The van der Waals surface area contributed by atoms with Gasteiger partial charge in [0, 0.05) is 32.1 Å². The molecule has 138 valence electrons. The van der Waals surface area contributed by atoms with Gasteiger partial charge in [-0.3, -0.25) is 0 Å². The summed E-state index contributed by atoms with van der Waals surface area (Å²) >= 11 is 3.54. The Morgan fingerprint density at radius 3 is 1.57 bits per heavy atom. The first-order valence-electron chi connectivity index (χ1n) is 9.00. The van der Waals surface area contributed by atoms with Gasteiger partial charge in [-0.05, 0) is 12.1 Å². The van der Waals surface area contributed by atoms with E-state index >= 15 is 0 Å². The third-order valence-corrected chi connectivity index (χ3v) is 6.20. The van der Waals surface area contributed by atoms with Crippen LogP contribution in [0.15, 0.2) is 94.3 Å². The summed E-state index contributed by atoms with van der Waals surface area (Å²) < 4.78 is 1.06. The van der Waals surface area contributed by atoms with E-state index < -0.39 is 0 Å². The van der Waals surface area contributed by atoms with E-state index in [0.717, 1.165) is 38.4 Å². The average molecular weight is 448 g/mol. The summed E-state index contributed by atoms with van der Waals surface area (Å²) in [5, 5.41) is 0. The second-order valence-electron chi connectivity index (χ2n) is 6.63. The van der Waals surface area contributed by atoms with Crippen molar-refractivity contribution in [3.05, 3.63) is 89.4 Å². The van der Waals surface area contributed by atoms with Crippen molar-refractivity contribution in [1.82, 2.24) is 9.97 Å². The van der Waals surface area contributed by atoms with Gasteiger partial charge < -0.3 is 0 Å². The highest BCUT2D eigenvalue weighted by molar-refractivity contribution is 9.10. The molecule has 0 saturated carbocycles. The van der Waals surface area contributed by atoms with Gasteiger partial charge in [-0.2, -0.15) is 0 Å². The molecular weight excluding hydrogens is 428 g/mol. The highest BCUT2D eigenvalue weighted by Gasteiger charge is 2.27. The Balaban J connectivity index is 2.04. The number of benzene rings is 3. The van der Waals surface area contributed by atoms with Crippen LogP contribution in [0.25, 0.3) is 33.9 Å². The predicted octanol–water partition coefficient (Wildman–Crippen LogP) is 6.48. The fourth-order valence-corrected chi connectivity index (χ4v) is 4.51. The fourth-order valence-electron chi connectivity index (χ4n) is 3.15. The van der Waals surface area contributed by atoms with E-state index in [2.05, 4.69) is 89.1 Å². The second kappa shape index (κ2) is 8.29. The molecule has 0 aliphatic heterocycles. The Bertz CT molecular complexity index is 1080. The van der Waals surface area contributed by atoms with Crippen LogP contribution in [0, 0.1) is 0 Å². The Morgan fingerprint density at radius 1 is 0.607 bits per heavy atom. The standard InChI is InChI=1S/C24H20BrN2S/c1-28(2)23-21(17-9-5-3-6-10-17)26-24(19-11-7-4-8-12-19)27-22(23)18-13-15-20(25)16-14-18/h3-16H,1-2H3/q+1. The van der Waals surface area contributed by atoms with Gasteiger partial charge in [-0.15, -0.1) is 0 Å². The van der Waals surface area contributed by atoms with E-state index in [1.54, 1.807) is 0 Å². The molecule has 0 unspecified atom stereocenters. The third-order valence-electron chi connectivity index (χ3n) is 4.47. The first-order chi connectivity index (χ1) is 13.6. The van der Waals surface area contributed by atoms with Crippen molar-refractivity contribution in [3.8, 4) is 33.9 Å². The fraction of sp³-hybridized carbons (Fsp3) is 0.0833. The largest absolute Gasteiger partial charge is 0.223 e. The van der Waals surface area contributed by atoms with Crippen LogP contribution in [0.1, 0.15) is 0 Å². The maximum Gasteiger partial charge on any atom is 0.206 e. The zero-order valence-electron chi connectivity index (χ0n) is 15.8. The normalized spacial score (nSPS) is 11.0. The Morgan fingerprint density at radius 2 is 1.07 bits per heavy atom. The minimum absolute atomic E-state index is 0.00978. The molecule has 28 heavy (non-hydrogen) atoms. The van der Waals surface area contributed by atoms with Crippen LogP contribution >= 0.6 is 15.9 Å². The zero-order valence-corrected chi connectivity index (χ0v) is 18.2. The summed E-state index contributed by atoms with van der Waals surface area (Å²) in [4.78, 5) is 11.3. The molecule has 4 aromatic rings. The molecule has 0 saturated heterocycles. The van der Waals surface area contributed by atoms with Crippen molar-refractivity contribution in [3.63, 3.8) is 0 Å². The smallest absolute Gasteiger partial charge is 0.206 e. The monoisotopic (exact) mass is 447 g/mol. The summed E-state index contributed by atoms with van der Waals surface area (Å²) in [7, 11) is -0.00978. The molecule has 0 atom stereocenters. The SMILES string of the molecule is C[S+](C)c1c(-c2ccccc2)nc(-c2ccccc2)nc1-c1ccc(Br)cc1. The summed E-state index contributed by atoms with van der Waals surface area (Å²) in [5.74, 6) is 0.756. The minimum Gasteiger partial charge on any atom is -0.223 e. The lowest BCUT2D eigenvalue weighted by Crippen LogP contribution is -2.07. The maximum atomic E-state index is 5.03. The molecule has 0 N–H and O–H groups in total. The molecule has 0 spiro atoms. The summed E-state index contributed by atoms with van der Waals surface area (Å²) in [5.41, 5.74) is 5.28. The van der Waals surface area contributed by atoms with Crippen LogP contribution in [-0.2, 0) is 10.9 Å². The van der Waals surface area contributed by atoms with Gasteiger partial charge in [0.25, 0.3) is 0 Å². The first kappa shape index (κ1) is 18.9. The van der Waals surface area contributed by atoms with Gasteiger partial charge in [0.05, 0.1) is 0 Å². The molecule has 1 heterocycles.